The number of methoxy groups -OCH3 is 1. The molecule has 0 spiro atoms. The molecule has 0 aliphatic heterocycles. The van der Waals surface area contributed by atoms with Crippen LogP contribution in [-0.4, -0.2) is 24.1 Å². The van der Waals surface area contributed by atoms with Crippen LogP contribution in [0.25, 0.3) is 0 Å². The fourth-order valence-electron chi connectivity index (χ4n) is 2.66. The summed E-state index contributed by atoms with van der Waals surface area (Å²) in [7, 11) is 3.55. The Hall–Kier alpha value is -1.20. The van der Waals surface area contributed by atoms with Crippen molar-refractivity contribution >= 4 is 0 Å². The molecule has 1 fully saturated rings. The Kier molecular flexibility index (Phi) is 4.14. The zero-order valence-corrected chi connectivity index (χ0v) is 11.1. The van der Waals surface area contributed by atoms with Gasteiger partial charge in [-0.15, -0.1) is 0 Å². The summed E-state index contributed by atoms with van der Waals surface area (Å²) in [4.78, 5) is 19.1. The molecule has 5 heteroatoms. The smallest absolute Gasteiger partial charge is 0.251 e. The fourth-order valence-corrected chi connectivity index (χ4v) is 2.66. The highest BCUT2D eigenvalue weighted by atomic mass is 16.5. The van der Waals surface area contributed by atoms with Gasteiger partial charge in [-0.05, 0) is 19.9 Å². The molecule has 0 amide bonds. The summed E-state index contributed by atoms with van der Waals surface area (Å²) in [6, 6.07) is 1.53. The van der Waals surface area contributed by atoms with E-state index in [9.17, 15) is 4.79 Å². The van der Waals surface area contributed by atoms with E-state index < -0.39 is 5.60 Å². The van der Waals surface area contributed by atoms with E-state index in [0.29, 0.717) is 12.4 Å². The largest absolute Gasteiger partial charge is 0.370 e. The summed E-state index contributed by atoms with van der Waals surface area (Å²) < 4.78 is 5.70. The lowest BCUT2D eigenvalue weighted by Crippen LogP contribution is -2.35. The molecule has 2 N–H and O–H groups in total. The standard InChI is InChI=1S/C13H21N3O2/c1-14-9-10-8-11(17)16-12(15-10)13(18-2)6-4-3-5-7-13/h8,14H,3-7,9H2,1-2H3,(H,15,16,17). The predicted molar refractivity (Wildman–Crippen MR) is 69.4 cm³/mol. The number of hydrogen-bond acceptors (Lipinski definition) is 4. The van der Waals surface area contributed by atoms with Crippen molar-refractivity contribution in [1.29, 1.82) is 0 Å². The van der Waals surface area contributed by atoms with Crippen LogP contribution >= 0.6 is 0 Å². The first kappa shape index (κ1) is 13.2. The molecule has 5 nitrogen and oxygen atoms in total. The molecular weight excluding hydrogens is 230 g/mol. The van der Waals surface area contributed by atoms with Crippen LogP contribution in [0.1, 0.15) is 43.6 Å². The number of rotatable bonds is 4. The highest BCUT2D eigenvalue weighted by Crippen LogP contribution is 2.37. The van der Waals surface area contributed by atoms with Gasteiger partial charge in [0.05, 0.1) is 5.69 Å². The van der Waals surface area contributed by atoms with Gasteiger partial charge in [-0.2, -0.15) is 0 Å². The molecule has 18 heavy (non-hydrogen) atoms. The minimum Gasteiger partial charge on any atom is -0.370 e. The maximum Gasteiger partial charge on any atom is 0.251 e. The van der Waals surface area contributed by atoms with E-state index in [1.807, 2.05) is 7.05 Å². The van der Waals surface area contributed by atoms with E-state index in [4.69, 9.17) is 4.74 Å². The van der Waals surface area contributed by atoms with Crippen molar-refractivity contribution in [3.63, 3.8) is 0 Å². The Balaban J connectivity index is 2.38. The third kappa shape index (κ3) is 2.62. The summed E-state index contributed by atoms with van der Waals surface area (Å²) in [6.07, 6.45) is 5.32. The van der Waals surface area contributed by atoms with Crippen molar-refractivity contribution < 1.29 is 4.74 Å². The molecule has 0 atom stereocenters. The number of nitrogens with zero attached hydrogens (tertiary/aromatic N) is 1. The highest BCUT2D eigenvalue weighted by molar-refractivity contribution is 5.10. The summed E-state index contributed by atoms with van der Waals surface area (Å²) in [5, 5.41) is 3.02. The molecule has 1 aliphatic carbocycles. The average Bonchev–Trinajstić information content (AvgIpc) is 2.39. The molecule has 1 heterocycles. The number of hydrogen-bond donors (Lipinski definition) is 2. The minimum atomic E-state index is -0.402. The monoisotopic (exact) mass is 251 g/mol. The summed E-state index contributed by atoms with van der Waals surface area (Å²) in [6.45, 7) is 0.594. The zero-order chi connectivity index (χ0) is 13.0. The minimum absolute atomic E-state index is 0.104. The molecule has 100 valence electrons. The summed E-state index contributed by atoms with van der Waals surface area (Å²) >= 11 is 0. The SMILES string of the molecule is CNCc1cc(=O)[nH]c(C2(OC)CCCCC2)n1. The molecule has 2 rings (SSSR count). The third-order valence-corrected chi connectivity index (χ3v) is 3.64. The fraction of sp³-hybridized carbons (Fsp3) is 0.692. The van der Waals surface area contributed by atoms with Crippen LogP contribution in [0.3, 0.4) is 0 Å². The van der Waals surface area contributed by atoms with Gasteiger partial charge in [0.1, 0.15) is 11.4 Å². The number of H-pyrrole nitrogens is 1. The highest BCUT2D eigenvalue weighted by Gasteiger charge is 2.36. The number of ether oxygens (including phenoxy) is 1. The lowest BCUT2D eigenvalue weighted by Gasteiger charge is -2.34. The second kappa shape index (κ2) is 5.63. The Labute approximate surface area is 107 Å². The molecule has 1 aliphatic rings. The van der Waals surface area contributed by atoms with Crippen molar-refractivity contribution in [2.24, 2.45) is 0 Å². The van der Waals surface area contributed by atoms with Gasteiger partial charge in [-0.1, -0.05) is 19.3 Å². The van der Waals surface area contributed by atoms with Crippen molar-refractivity contribution in [3.05, 3.63) is 27.9 Å². The van der Waals surface area contributed by atoms with Gasteiger partial charge in [-0.25, -0.2) is 4.98 Å². The first-order valence-electron chi connectivity index (χ1n) is 6.51. The predicted octanol–water partition coefficient (Wildman–Crippen LogP) is 1.30. The van der Waals surface area contributed by atoms with E-state index >= 15 is 0 Å². The van der Waals surface area contributed by atoms with Crippen molar-refractivity contribution in [1.82, 2.24) is 15.3 Å². The van der Waals surface area contributed by atoms with Crippen molar-refractivity contribution in [3.8, 4) is 0 Å². The number of aromatic nitrogens is 2. The van der Waals surface area contributed by atoms with Crippen molar-refractivity contribution in [2.75, 3.05) is 14.2 Å². The van der Waals surface area contributed by atoms with E-state index in [1.165, 1.54) is 12.5 Å². The van der Waals surface area contributed by atoms with Crippen LogP contribution < -0.4 is 10.9 Å². The van der Waals surface area contributed by atoms with Crippen LogP contribution in [-0.2, 0) is 16.9 Å². The molecular formula is C13H21N3O2. The number of aromatic amines is 1. The van der Waals surface area contributed by atoms with Gasteiger partial charge in [0.25, 0.3) is 5.56 Å². The van der Waals surface area contributed by atoms with Gasteiger partial charge in [0, 0.05) is 19.7 Å². The molecule has 1 aromatic heterocycles. The summed E-state index contributed by atoms with van der Waals surface area (Å²) in [5.74, 6) is 0.683. The van der Waals surface area contributed by atoms with Gasteiger partial charge >= 0.3 is 0 Å². The molecule has 0 saturated heterocycles. The van der Waals surface area contributed by atoms with Crippen LogP contribution in [0.15, 0.2) is 10.9 Å². The summed E-state index contributed by atoms with van der Waals surface area (Å²) in [5.41, 5.74) is 0.256. The molecule has 0 bridgehead atoms. The van der Waals surface area contributed by atoms with E-state index in [2.05, 4.69) is 15.3 Å². The van der Waals surface area contributed by atoms with Gasteiger partial charge in [0.2, 0.25) is 0 Å². The Morgan fingerprint density at radius 1 is 1.44 bits per heavy atom. The first-order valence-corrected chi connectivity index (χ1v) is 6.51. The topological polar surface area (TPSA) is 67.0 Å². The average molecular weight is 251 g/mol. The van der Waals surface area contributed by atoms with E-state index in [-0.39, 0.29) is 5.56 Å². The Bertz CT molecular complexity index is 450. The maximum atomic E-state index is 11.7. The molecule has 0 unspecified atom stereocenters. The lowest BCUT2D eigenvalue weighted by atomic mass is 9.84. The van der Waals surface area contributed by atoms with Crippen LogP contribution in [0.5, 0.6) is 0 Å². The normalized spacial score (nSPS) is 18.8. The van der Waals surface area contributed by atoms with Crippen LogP contribution in [0.2, 0.25) is 0 Å². The second-order valence-electron chi connectivity index (χ2n) is 4.87. The van der Waals surface area contributed by atoms with Gasteiger partial charge < -0.3 is 15.0 Å². The molecule has 0 aromatic carbocycles. The zero-order valence-electron chi connectivity index (χ0n) is 11.1. The van der Waals surface area contributed by atoms with Crippen LogP contribution in [0.4, 0.5) is 0 Å². The molecule has 1 aromatic rings. The van der Waals surface area contributed by atoms with Crippen LogP contribution in [0, 0.1) is 0 Å². The molecule has 1 saturated carbocycles. The third-order valence-electron chi connectivity index (χ3n) is 3.64. The first-order chi connectivity index (χ1) is 8.70. The Morgan fingerprint density at radius 2 is 2.17 bits per heavy atom. The van der Waals surface area contributed by atoms with Gasteiger partial charge in [-0.3, -0.25) is 4.79 Å². The number of nitrogens with one attached hydrogen (secondary N) is 2. The van der Waals surface area contributed by atoms with Gasteiger partial charge in [0.15, 0.2) is 0 Å². The maximum absolute atomic E-state index is 11.7. The quantitative estimate of drug-likeness (QED) is 0.846. The lowest BCUT2D eigenvalue weighted by molar-refractivity contribution is -0.0518. The second-order valence-corrected chi connectivity index (χ2v) is 4.87. The van der Waals surface area contributed by atoms with Crippen molar-refractivity contribution in [2.45, 2.75) is 44.2 Å². The molecule has 0 radical (unpaired) electrons. The Morgan fingerprint density at radius 3 is 2.78 bits per heavy atom. The van der Waals surface area contributed by atoms with E-state index in [1.54, 1.807) is 7.11 Å². The van der Waals surface area contributed by atoms with E-state index in [0.717, 1.165) is 31.4 Å².